The van der Waals surface area contributed by atoms with Crippen LogP contribution >= 0.6 is 34.4 Å². The van der Waals surface area contributed by atoms with Crippen LogP contribution in [0.4, 0.5) is 0 Å². The summed E-state index contributed by atoms with van der Waals surface area (Å²) in [5, 5.41) is 2.93. The van der Waals surface area contributed by atoms with Crippen molar-refractivity contribution in [1.82, 2.24) is 19.9 Å². The van der Waals surface area contributed by atoms with Gasteiger partial charge < -0.3 is 4.98 Å². The normalized spacial score (nSPS) is 15.2. The molecule has 4 heterocycles. The topological polar surface area (TPSA) is 71.5 Å². The lowest BCUT2D eigenvalue weighted by atomic mass is 9.97. The van der Waals surface area contributed by atoms with Crippen LogP contribution in [-0.2, 0) is 12.8 Å². The monoisotopic (exact) mass is 428 g/mol. The molecule has 4 aromatic rings. The summed E-state index contributed by atoms with van der Waals surface area (Å²) < 4.78 is 0. The Morgan fingerprint density at radius 1 is 1.11 bits per heavy atom. The Labute approximate surface area is 174 Å². The minimum Gasteiger partial charge on any atom is -0.309 e. The summed E-state index contributed by atoms with van der Waals surface area (Å²) in [6.45, 7) is 6.10. The summed E-state index contributed by atoms with van der Waals surface area (Å²) in [4.78, 5) is 34.0. The van der Waals surface area contributed by atoms with E-state index in [2.05, 4.69) is 21.9 Å². The minimum atomic E-state index is -0.0463. The maximum Gasteiger partial charge on any atom is 0.259 e. The van der Waals surface area contributed by atoms with Crippen LogP contribution in [0.5, 0.6) is 0 Å². The standard InChI is InChI=1S/C20H20N4OS3/c1-9-10(2)26-20-14(9)17(25)23-16(24-20)11(3)27-18-15-12-6-4-5-7-13(12)28-19(15)22-8-21-18/h8,11H,4-7H2,1-3H3,(H,23,24,25). The number of aromatic amines is 1. The Morgan fingerprint density at radius 3 is 2.79 bits per heavy atom. The van der Waals surface area contributed by atoms with Gasteiger partial charge in [-0.1, -0.05) is 11.8 Å². The molecule has 1 N–H and O–H groups in total. The van der Waals surface area contributed by atoms with Crippen molar-refractivity contribution in [3.05, 3.63) is 43.4 Å². The fourth-order valence-corrected chi connectivity index (χ4v) is 7.17. The van der Waals surface area contributed by atoms with Crippen molar-refractivity contribution in [2.45, 2.75) is 56.7 Å². The molecule has 0 aromatic carbocycles. The number of thiophene rings is 2. The molecular formula is C20H20N4OS3. The van der Waals surface area contributed by atoms with E-state index in [1.807, 2.05) is 25.2 Å². The van der Waals surface area contributed by atoms with Crippen LogP contribution in [0, 0.1) is 13.8 Å². The summed E-state index contributed by atoms with van der Waals surface area (Å²) in [6.07, 6.45) is 6.41. The molecule has 144 valence electrons. The number of rotatable bonds is 3. The van der Waals surface area contributed by atoms with E-state index >= 15 is 0 Å². The van der Waals surface area contributed by atoms with Gasteiger partial charge in [-0.05, 0) is 57.6 Å². The maximum atomic E-state index is 12.6. The molecule has 8 heteroatoms. The molecular weight excluding hydrogens is 408 g/mol. The molecule has 28 heavy (non-hydrogen) atoms. The van der Waals surface area contributed by atoms with E-state index < -0.39 is 0 Å². The van der Waals surface area contributed by atoms with Crippen molar-refractivity contribution in [1.29, 1.82) is 0 Å². The molecule has 0 amide bonds. The number of fused-ring (bicyclic) bond motifs is 4. The van der Waals surface area contributed by atoms with Crippen LogP contribution in [-0.4, -0.2) is 19.9 Å². The lowest BCUT2D eigenvalue weighted by molar-refractivity contribution is 0.699. The smallest absolute Gasteiger partial charge is 0.259 e. The zero-order valence-electron chi connectivity index (χ0n) is 16.0. The van der Waals surface area contributed by atoms with Crippen molar-refractivity contribution in [3.63, 3.8) is 0 Å². The van der Waals surface area contributed by atoms with Gasteiger partial charge in [-0.15, -0.1) is 22.7 Å². The third kappa shape index (κ3) is 2.89. The van der Waals surface area contributed by atoms with E-state index in [0.29, 0.717) is 5.82 Å². The fraction of sp³-hybridized carbons (Fsp3) is 0.400. The van der Waals surface area contributed by atoms with Gasteiger partial charge in [0.15, 0.2) is 0 Å². The highest BCUT2D eigenvalue weighted by molar-refractivity contribution is 7.99. The summed E-state index contributed by atoms with van der Waals surface area (Å²) >= 11 is 5.06. The number of nitrogens with zero attached hydrogens (tertiary/aromatic N) is 3. The molecule has 4 aromatic heterocycles. The quantitative estimate of drug-likeness (QED) is 0.352. The number of aromatic nitrogens is 4. The summed E-state index contributed by atoms with van der Waals surface area (Å²) in [5.41, 5.74) is 2.42. The first-order chi connectivity index (χ1) is 13.5. The predicted octanol–water partition coefficient (Wildman–Crippen LogP) is 5.34. The van der Waals surface area contributed by atoms with Crippen molar-refractivity contribution in [3.8, 4) is 0 Å². The molecule has 0 aliphatic heterocycles. The van der Waals surface area contributed by atoms with E-state index in [1.165, 1.54) is 28.7 Å². The molecule has 0 radical (unpaired) electrons. The van der Waals surface area contributed by atoms with E-state index in [0.717, 1.165) is 43.4 Å². The van der Waals surface area contributed by atoms with E-state index in [1.54, 1.807) is 29.4 Å². The lowest BCUT2D eigenvalue weighted by Crippen LogP contribution is -2.12. The van der Waals surface area contributed by atoms with Crippen LogP contribution < -0.4 is 5.56 Å². The molecule has 0 saturated heterocycles. The fourth-order valence-electron chi connectivity index (χ4n) is 3.84. The Morgan fingerprint density at radius 2 is 1.93 bits per heavy atom. The van der Waals surface area contributed by atoms with Crippen molar-refractivity contribution < 1.29 is 0 Å². The van der Waals surface area contributed by atoms with Crippen LogP contribution in [0.1, 0.15) is 51.7 Å². The highest BCUT2D eigenvalue weighted by atomic mass is 32.2. The van der Waals surface area contributed by atoms with Gasteiger partial charge in [-0.25, -0.2) is 15.0 Å². The highest BCUT2D eigenvalue weighted by Gasteiger charge is 2.22. The second kappa shape index (κ2) is 6.93. The van der Waals surface area contributed by atoms with Gasteiger partial charge in [0.25, 0.3) is 5.56 Å². The summed E-state index contributed by atoms with van der Waals surface area (Å²) in [6, 6.07) is 0. The van der Waals surface area contributed by atoms with Crippen LogP contribution in [0.25, 0.3) is 20.4 Å². The lowest BCUT2D eigenvalue weighted by Gasteiger charge is -2.13. The maximum absolute atomic E-state index is 12.6. The van der Waals surface area contributed by atoms with Gasteiger partial charge in [-0.2, -0.15) is 0 Å². The van der Waals surface area contributed by atoms with Crippen molar-refractivity contribution >= 4 is 54.9 Å². The Kier molecular flexibility index (Phi) is 4.52. The number of hydrogen-bond acceptors (Lipinski definition) is 7. The van der Waals surface area contributed by atoms with Crippen LogP contribution in [0.3, 0.4) is 0 Å². The molecule has 5 nitrogen and oxygen atoms in total. The summed E-state index contributed by atoms with van der Waals surface area (Å²) in [7, 11) is 0. The number of nitrogens with one attached hydrogen (secondary N) is 1. The second-order valence-corrected chi connectivity index (χ2v) is 10.9. The largest absolute Gasteiger partial charge is 0.309 e. The molecule has 1 atom stereocenters. The van der Waals surface area contributed by atoms with Gasteiger partial charge in [-0.3, -0.25) is 4.79 Å². The van der Waals surface area contributed by atoms with Gasteiger partial charge in [0, 0.05) is 15.1 Å². The first-order valence-corrected chi connectivity index (χ1v) is 12.0. The van der Waals surface area contributed by atoms with Gasteiger partial charge >= 0.3 is 0 Å². The molecule has 0 fully saturated rings. The molecule has 1 aliphatic carbocycles. The predicted molar refractivity (Wildman–Crippen MR) is 118 cm³/mol. The molecule has 0 spiro atoms. The highest BCUT2D eigenvalue weighted by Crippen LogP contribution is 2.42. The van der Waals surface area contributed by atoms with Crippen LogP contribution in [0.2, 0.25) is 0 Å². The zero-order chi connectivity index (χ0) is 19.4. The number of hydrogen-bond donors (Lipinski definition) is 1. The molecule has 1 unspecified atom stereocenters. The molecule has 0 bridgehead atoms. The van der Waals surface area contributed by atoms with Crippen LogP contribution in [0.15, 0.2) is 16.1 Å². The first kappa shape index (κ1) is 18.3. The molecule has 0 saturated carbocycles. The summed E-state index contributed by atoms with van der Waals surface area (Å²) in [5.74, 6) is 0.708. The molecule has 5 rings (SSSR count). The van der Waals surface area contributed by atoms with Crippen molar-refractivity contribution in [2.75, 3.05) is 0 Å². The van der Waals surface area contributed by atoms with E-state index in [9.17, 15) is 4.79 Å². The number of aryl methyl sites for hydroxylation is 4. The average molecular weight is 429 g/mol. The Bertz CT molecular complexity index is 1270. The number of H-pyrrole nitrogens is 1. The average Bonchev–Trinajstić information content (AvgIpc) is 3.19. The zero-order valence-corrected chi connectivity index (χ0v) is 18.4. The third-order valence-corrected chi connectivity index (χ3v) is 8.86. The van der Waals surface area contributed by atoms with Gasteiger partial charge in [0.2, 0.25) is 0 Å². The SMILES string of the molecule is Cc1sc2nc(C(C)Sc3ncnc4sc5c(c34)CCCC5)[nH]c(=O)c2c1C. The van der Waals surface area contributed by atoms with Gasteiger partial charge in [0.05, 0.1) is 10.6 Å². The van der Waals surface area contributed by atoms with E-state index in [4.69, 9.17) is 4.98 Å². The van der Waals surface area contributed by atoms with E-state index in [-0.39, 0.29) is 10.8 Å². The minimum absolute atomic E-state index is 0.00273. The Balaban J connectivity index is 1.56. The van der Waals surface area contributed by atoms with Gasteiger partial charge in [0.1, 0.15) is 26.8 Å². The number of thioether (sulfide) groups is 1. The van der Waals surface area contributed by atoms with Crippen molar-refractivity contribution in [2.24, 2.45) is 0 Å². The third-order valence-electron chi connectivity index (χ3n) is 5.45. The first-order valence-electron chi connectivity index (χ1n) is 9.44. The second-order valence-electron chi connectivity index (χ2n) is 7.24. The molecule has 1 aliphatic rings. The Hall–Kier alpha value is -1.77.